The molecule has 0 radical (unpaired) electrons. The second-order valence-electron chi connectivity index (χ2n) is 6.14. The summed E-state index contributed by atoms with van der Waals surface area (Å²) in [5.74, 6) is 0.225. The minimum Gasteiger partial charge on any atom is -0.326 e. The molecule has 2 aromatic heterocycles. The lowest BCUT2D eigenvalue weighted by molar-refractivity contribution is -0.115. The van der Waals surface area contributed by atoms with E-state index in [-0.39, 0.29) is 17.9 Å². The molecular weight excluding hydrogens is 322 g/mol. The molecule has 2 heterocycles. The Balaban J connectivity index is 1.57. The Labute approximate surface area is 142 Å². The Morgan fingerprint density at radius 1 is 1.29 bits per heavy atom. The van der Waals surface area contributed by atoms with Gasteiger partial charge in [0.2, 0.25) is 5.91 Å². The van der Waals surface area contributed by atoms with Crippen LogP contribution in [-0.4, -0.2) is 15.9 Å². The van der Waals surface area contributed by atoms with Crippen molar-refractivity contribution in [2.45, 2.75) is 32.6 Å². The molecule has 0 saturated heterocycles. The normalized spacial score (nSPS) is 13.2. The number of benzene rings is 1. The van der Waals surface area contributed by atoms with Crippen LogP contribution in [0.5, 0.6) is 0 Å². The number of nitrogens with one attached hydrogen (secondary N) is 2. The molecule has 5 nitrogen and oxygen atoms in total. The van der Waals surface area contributed by atoms with Crippen LogP contribution in [-0.2, 0) is 24.1 Å². The van der Waals surface area contributed by atoms with E-state index in [2.05, 4.69) is 15.3 Å². The van der Waals surface area contributed by atoms with Crippen molar-refractivity contribution in [3.05, 3.63) is 56.4 Å². The van der Waals surface area contributed by atoms with Gasteiger partial charge in [0.05, 0.1) is 11.8 Å². The lowest BCUT2D eigenvalue weighted by atomic mass is 10.2. The zero-order chi connectivity index (χ0) is 16.7. The van der Waals surface area contributed by atoms with Gasteiger partial charge in [-0.2, -0.15) is 0 Å². The third-order valence-corrected chi connectivity index (χ3v) is 5.47. The topological polar surface area (TPSA) is 74.8 Å². The number of rotatable bonds is 3. The largest absolute Gasteiger partial charge is 0.326 e. The fraction of sp³-hybridized carbons (Fsp3) is 0.278. The molecule has 0 bridgehead atoms. The van der Waals surface area contributed by atoms with Crippen LogP contribution in [0.3, 0.4) is 0 Å². The number of hydrogen-bond acceptors (Lipinski definition) is 4. The summed E-state index contributed by atoms with van der Waals surface area (Å²) in [7, 11) is 0. The predicted octanol–water partition coefficient (Wildman–Crippen LogP) is 2.96. The van der Waals surface area contributed by atoms with Crippen LogP contribution in [0, 0.1) is 6.92 Å². The predicted molar refractivity (Wildman–Crippen MR) is 95.8 cm³/mol. The number of amides is 1. The monoisotopic (exact) mass is 339 g/mol. The highest BCUT2D eigenvalue weighted by Crippen LogP contribution is 2.34. The summed E-state index contributed by atoms with van der Waals surface area (Å²) in [6.45, 7) is 1.99. The van der Waals surface area contributed by atoms with Crippen LogP contribution >= 0.6 is 11.3 Å². The highest BCUT2D eigenvalue weighted by Gasteiger charge is 2.21. The van der Waals surface area contributed by atoms with E-state index in [1.807, 2.05) is 31.2 Å². The third-order valence-electron chi connectivity index (χ3n) is 4.29. The molecule has 1 amide bonds. The van der Waals surface area contributed by atoms with Gasteiger partial charge < -0.3 is 10.3 Å². The molecule has 0 aliphatic heterocycles. The first-order chi connectivity index (χ1) is 11.6. The zero-order valence-corrected chi connectivity index (χ0v) is 14.1. The van der Waals surface area contributed by atoms with E-state index in [4.69, 9.17) is 0 Å². The van der Waals surface area contributed by atoms with Crippen LogP contribution in [0.25, 0.3) is 10.2 Å². The fourth-order valence-corrected chi connectivity index (χ4v) is 4.41. The molecule has 1 aliphatic carbocycles. The van der Waals surface area contributed by atoms with Crippen LogP contribution in [0.1, 0.15) is 28.2 Å². The maximum absolute atomic E-state index is 12.4. The number of carbonyl (C=O) groups excluding carboxylic acids is 1. The molecule has 24 heavy (non-hydrogen) atoms. The van der Waals surface area contributed by atoms with Crippen molar-refractivity contribution >= 4 is 33.1 Å². The standard InChI is InChI=1S/C18H17N3O2S/c1-10-5-7-11(8-6-10)19-15(22)9-14-20-17(23)16-12-3-2-4-13(12)24-18(16)21-14/h5-8H,2-4,9H2,1H3,(H,19,22)(H,20,21,23). The molecule has 6 heteroatoms. The van der Waals surface area contributed by atoms with E-state index in [0.717, 1.165) is 46.3 Å². The molecule has 4 rings (SSSR count). The lowest BCUT2D eigenvalue weighted by Crippen LogP contribution is -2.19. The van der Waals surface area contributed by atoms with Gasteiger partial charge >= 0.3 is 0 Å². The molecule has 0 fully saturated rings. The quantitative estimate of drug-likeness (QED) is 0.770. The average molecular weight is 339 g/mol. The first kappa shape index (κ1) is 15.1. The summed E-state index contributed by atoms with van der Waals surface area (Å²) in [6.07, 6.45) is 3.14. The van der Waals surface area contributed by atoms with Gasteiger partial charge in [-0.3, -0.25) is 9.59 Å². The van der Waals surface area contributed by atoms with Crippen molar-refractivity contribution in [3.63, 3.8) is 0 Å². The van der Waals surface area contributed by atoms with Gasteiger partial charge in [0.25, 0.3) is 5.56 Å². The van der Waals surface area contributed by atoms with E-state index in [1.165, 1.54) is 4.88 Å². The van der Waals surface area contributed by atoms with Crippen molar-refractivity contribution in [1.29, 1.82) is 0 Å². The molecule has 1 aliphatic rings. The second kappa shape index (κ2) is 5.87. The molecule has 0 spiro atoms. The first-order valence-corrected chi connectivity index (χ1v) is 8.82. The summed E-state index contributed by atoms with van der Waals surface area (Å²) in [6, 6.07) is 7.59. The van der Waals surface area contributed by atoms with Crippen molar-refractivity contribution < 1.29 is 4.79 Å². The molecule has 0 atom stereocenters. The third kappa shape index (κ3) is 2.73. The summed E-state index contributed by atoms with van der Waals surface area (Å²) in [5.41, 5.74) is 2.90. The molecule has 0 saturated carbocycles. The number of aryl methyl sites for hydroxylation is 3. The number of H-pyrrole nitrogens is 1. The maximum Gasteiger partial charge on any atom is 0.259 e. The smallest absolute Gasteiger partial charge is 0.259 e. The van der Waals surface area contributed by atoms with Crippen molar-refractivity contribution in [1.82, 2.24) is 9.97 Å². The van der Waals surface area contributed by atoms with Gasteiger partial charge in [-0.15, -0.1) is 11.3 Å². The number of aromatic amines is 1. The lowest BCUT2D eigenvalue weighted by Gasteiger charge is -2.05. The van der Waals surface area contributed by atoms with Gasteiger partial charge in [-0.1, -0.05) is 17.7 Å². The highest BCUT2D eigenvalue weighted by molar-refractivity contribution is 7.18. The van der Waals surface area contributed by atoms with Crippen molar-refractivity contribution in [3.8, 4) is 0 Å². The Bertz CT molecular complexity index is 986. The summed E-state index contributed by atoms with van der Waals surface area (Å²) >= 11 is 1.58. The number of hydrogen-bond donors (Lipinski definition) is 2. The van der Waals surface area contributed by atoms with Gasteiger partial charge in [0.15, 0.2) is 0 Å². The van der Waals surface area contributed by atoms with Crippen LogP contribution < -0.4 is 10.9 Å². The number of nitrogens with zero attached hydrogens (tertiary/aromatic N) is 1. The summed E-state index contributed by atoms with van der Waals surface area (Å²) < 4.78 is 0. The van der Waals surface area contributed by atoms with E-state index in [9.17, 15) is 9.59 Å². The number of thiophene rings is 1. The number of anilines is 1. The van der Waals surface area contributed by atoms with Crippen molar-refractivity contribution in [2.75, 3.05) is 5.32 Å². The highest BCUT2D eigenvalue weighted by atomic mass is 32.1. The average Bonchev–Trinajstić information content (AvgIpc) is 3.09. The number of carbonyl (C=O) groups is 1. The van der Waals surface area contributed by atoms with E-state index < -0.39 is 0 Å². The summed E-state index contributed by atoms with van der Waals surface area (Å²) in [5, 5.41) is 3.54. The molecule has 122 valence electrons. The Hall–Kier alpha value is -2.47. The van der Waals surface area contributed by atoms with Gasteiger partial charge in [0.1, 0.15) is 10.7 Å². The minimum atomic E-state index is -0.189. The minimum absolute atomic E-state index is 0.0572. The van der Waals surface area contributed by atoms with Crippen LogP contribution in [0.15, 0.2) is 29.1 Å². The Kier molecular flexibility index (Phi) is 3.69. The van der Waals surface area contributed by atoms with Crippen molar-refractivity contribution in [2.24, 2.45) is 0 Å². The number of aromatic nitrogens is 2. The van der Waals surface area contributed by atoms with E-state index >= 15 is 0 Å². The van der Waals surface area contributed by atoms with Crippen LogP contribution in [0.2, 0.25) is 0 Å². The molecule has 1 aromatic carbocycles. The molecule has 0 unspecified atom stereocenters. The Morgan fingerprint density at radius 2 is 2.08 bits per heavy atom. The van der Waals surface area contributed by atoms with Gasteiger partial charge in [-0.05, 0) is 43.9 Å². The first-order valence-electron chi connectivity index (χ1n) is 8.00. The van der Waals surface area contributed by atoms with Gasteiger partial charge in [-0.25, -0.2) is 4.98 Å². The molecule has 3 aromatic rings. The van der Waals surface area contributed by atoms with E-state index in [0.29, 0.717) is 5.82 Å². The maximum atomic E-state index is 12.4. The Morgan fingerprint density at radius 3 is 2.88 bits per heavy atom. The van der Waals surface area contributed by atoms with E-state index in [1.54, 1.807) is 11.3 Å². The second-order valence-corrected chi connectivity index (χ2v) is 7.22. The molecular formula is C18H17N3O2S. The molecule has 2 N–H and O–H groups in total. The van der Waals surface area contributed by atoms with Crippen LogP contribution in [0.4, 0.5) is 5.69 Å². The SMILES string of the molecule is Cc1ccc(NC(=O)Cc2nc3sc4c(c3c(=O)[nH]2)CCC4)cc1. The number of fused-ring (bicyclic) bond motifs is 3. The fourth-order valence-electron chi connectivity index (χ4n) is 3.12. The summed E-state index contributed by atoms with van der Waals surface area (Å²) in [4.78, 5) is 33.8. The zero-order valence-electron chi connectivity index (χ0n) is 13.3. The van der Waals surface area contributed by atoms with Gasteiger partial charge in [0, 0.05) is 10.6 Å².